The van der Waals surface area contributed by atoms with Crippen LogP contribution in [-0.4, -0.2) is 36.1 Å². The molecule has 1 saturated heterocycles. The van der Waals surface area contributed by atoms with Crippen LogP contribution in [0.1, 0.15) is 60.3 Å². The van der Waals surface area contributed by atoms with Gasteiger partial charge >= 0.3 is 0 Å². The summed E-state index contributed by atoms with van der Waals surface area (Å²) in [5, 5.41) is 3.80. The molecule has 0 radical (unpaired) electrons. The van der Waals surface area contributed by atoms with Gasteiger partial charge in [-0.2, -0.15) is 0 Å². The van der Waals surface area contributed by atoms with Gasteiger partial charge in [0.2, 0.25) is 0 Å². The highest BCUT2D eigenvalue weighted by atomic mass is 15.2. The molecule has 1 N–H and O–H groups in total. The number of rotatable bonds is 5. The third-order valence-electron chi connectivity index (χ3n) is 4.54. The maximum atomic E-state index is 3.80. The lowest BCUT2D eigenvalue weighted by atomic mass is 9.92. The van der Waals surface area contributed by atoms with Crippen molar-refractivity contribution < 1.29 is 0 Å². The fraction of sp³-hybridized carbons (Fsp3) is 1.00. The molecule has 2 nitrogen and oxygen atoms in total. The Labute approximate surface area is 108 Å². The lowest BCUT2D eigenvalue weighted by Crippen LogP contribution is -2.51. The molecule has 1 aliphatic heterocycles. The van der Waals surface area contributed by atoms with E-state index in [-0.39, 0.29) is 0 Å². The van der Waals surface area contributed by atoms with Gasteiger partial charge < -0.3 is 5.32 Å². The molecule has 1 rings (SSSR count). The van der Waals surface area contributed by atoms with Crippen molar-refractivity contribution in [2.45, 2.75) is 71.9 Å². The molecule has 0 amide bonds. The van der Waals surface area contributed by atoms with E-state index in [9.17, 15) is 0 Å². The van der Waals surface area contributed by atoms with Crippen molar-refractivity contribution in [3.8, 4) is 0 Å². The van der Waals surface area contributed by atoms with Crippen LogP contribution in [0.2, 0.25) is 0 Å². The molecule has 2 heteroatoms. The highest BCUT2D eigenvalue weighted by molar-refractivity contribution is 4.93. The minimum absolute atomic E-state index is 0.363. The first kappa shape index (κ1) is 15.0. The van der Waals surface area contributed by atoms with Crippen molar-refractivity contribution in [2.24, 2.45) is 5.92 Å². The van der Waals surface area contributed by atoms with E-state index in [1.54, 1.807) is 0 Å². The third-order valence-corrected chi connectivity index (χ3v) is 4.54. The second-order valence-corrected chi connectivity index (χ2v) is 6.20. The second kappa shape index (κ2) is 6.75. The van der Waals surface area contributed by atoms with E-state index in [1.165, 1.54) is 45.3 Å². The standard InChI is InChI=1S/C15H32N2/c1-6-15(7-2)12-17(11-9-13(3)4)14(5)8-10-16-15/h13-14,16H,6-12H2,1-5H3. The Morgan fingerprint density at radius 2 is 1.94 bits per heavy atom. The van der Waals surface area contributed by atoms with Crippen LogP contribution in [0.15, 0.2) is 0 Å². The van der Waals surface area contributed by atoms with E-state index in [0.717, 1.165) is 12.0 Å². The molecule has 0 aromatic rings. The minimum atomic E-state index is 0.363. The smallest absolute Gasteiger partial charge is 0.0303 e. The second-order valence-electron chi connectivity index (χ2n) is 6.20. The third kappa shape index (κ3) is 4.26. The molecule has 1 atom stereocenters. The summed E-state index contributed by atoms with van der Waals surface area (Å²) < 4.78 is 0. The predicted molar refractivity (Wildman–Crippen MR) is 76.4 cm³/mol. The topological polar surface area (TPSA) is 15.3 Å². The molecule has 0 aromatic carbocycles. The van der Waals surface area contributed by atoms with Gasteiger partial charge in [-0.1, -0.05) is 27.7 Å². The van der Waals surface area contributed by atoms with Crippen LogP contribution < -0.4 is 5.32 Å². The number of nitrogens with one attached hydrogen (secondary N) is 1. The van der Waals surface area contributed by atoms with Crippen molar-refractivity contribution in [1.29, 1.82) is 0 Å². The van der Waals surface area contributed by atoms with E-state index < -0.39 is 0 Å². The van der Waals surface area contributed by atoms with E-state index in [0.29, 0.717) is 5.54 Å². The zero-order chi connectivity index (χ0) is 12.9. The van der Waals surface area contributed by atoms with E-state index in [2.05, 4.69) is 44.8 Å². The summed E-state index contributed by atoms with van der Waals surface area (Å²) in [6.45, 7) is 15.4. The molecule has 17 heavy (non-hydrogen) atoms. The van der Waals surface area contributed by atoms with Gasteiger partial charge in [-0.3, -0.25) is 4.90 Å². The van der Waals surface area contributed by atoms with Crippen LogP contribution in [0.25, 0.3) is 0 Å². The fourth-order valence-electron chi connectivity index (χ4n) is 2.78. The molecular weight excluding hydrogens is 208 g/mol. The van der Waals surface area contributed by atoms with Crippen LogP contribution in [0.4, 0.5) is 0 Å². The quantitative estimate of drug-likeness (QED) is 0.793. The number of nitrogens with zero attached hydrogens (tertiary/aromatic N) is 1. The van der Waals surface area contributed by atoms with Crippen LogP contribution in [0.3, 0.4) is 0 Å². The zero-order valence-electron chi connectivity index (χ0n) is 12.6. The summed E-state index contributed by atoms with van der Waals surface area (Å²) in [5.74, 6) is 0.816. The van der Waals surface area contributed by atoms with Gasteiger partial charge in [-0.05, 0) is 51.6 Å². The van der Waals surface area contributed by atoms with E-state index >= 15 is 0 Å². The van der Waals surface area contributed by atoms with Crippen molar-refractivity contribution >= 4 is 0 Å². The molecule has 0 bridgehead atoms. The molecule has 1 heterocycles. The lowest BCUT2D eigenvalue weighted by molar-refractivity contribution is 0.152. The zero-order valence-corrected chi connectivity index (χ0v) is 12.6. The van der Waals surface area contributed by atoms with E-state index in [4.69, 9.17) is 0 Å². The molecule has 1 aliphatic rings. The number of hydrogen-bond acceptors (Lipinski definition) is 2. The highest BCUT2D eigenvalue weighted by Crippen LogP contribution is 2.23. The van der Waals surface area contributed by atoms with Gasteiger partial charge in [0.1, 0.15) is 0 Å². The Kier molecular flexibility index (Phi) is 5.94. The molecule has 0 aliphatic carbocycles. The Hall–Kier alpha value is -0.0800. The molecule has 1 fully saturated rings. The van der Waals surface area contributed by atoms with Gasteiger partial charge in [-0.25, -0.2) is 0 Å². The summed E-state index contributed by atoms with van der Waals surface area (Å²) in [4.78, 5) is 2.72. The van der Waals surface area contributed by atoms with Gasteiger partial charge in [0.05, 0.1) is 0 Å². The van der Waals surface area contributed by atoms with Crippen LogP contribution in [0, 0.1) is 5.92 Å². The van der Waals surface area contributed by atoms with Crippen molar-refractivity contribution in [3.05, 3.63) is 0 Å². The predicted octanol–water partition coefficient (Wildman–Crippen LogP) is 3.28. The Morgan fingerprint density at radius 1 is 1.29 bits per heavy atom. The van der Waals surface area contributed by atoms with Crippen molar-refractivity contribution in [2.75, 3.05) is 19.6 Å². The average Bonchev–Trinajstić information content (AvgIpc) is 2.47. The average molecular weight is 240 g/mol. The molecule has 102 valence electrons. The molecular formula is C15H32N2. The molecule has 0 saturated carbocycles. The summed E-state index contributed by atoms with van der Waals surface area (Å²) in [7, 11) is 0. The maximum Gasteiger partial charge on any atom is 0.0303 e. The van der Waals surface area contributed by atoms with Gasteiger partial charge in [0.15, 0.2) is 0 Å². The van der Waals surface area contributed by atoms with Crippen LogP contribution in [0.5, 0.6) is 0 Å². The number of hydrogen-bond donors (Lipinski definition) is 1. The Morgan fingerprint density at radius 3 is 2.47 bits per heavy atom. The normalized spacial score (nSPS) is 26.1. The Bertz CT molecular complexity index is 209. The first-order chi connectivity index (χ1) is 8.03. The monoisotopic (exact) mass is 240 g/mol. The van der Waals surface area contributed by atoms with Crippen LogP contribution >= 0.6 is 0 Å². The largest absolute Gasteiger partial charge is 0.310 e. The Balaban J connectivity index is 2.64. The van der Waals surface area contributed by atoms with Gasteiger partial charge in [0.25, 0.3) is 0 Å². The summed E-state index contributed by atoms with van der Waals surface area (Å²) >= 11 is 0. The summed E-state index contributed by atoms with van der Waals surface area (Å²) in [6, 6.07) is 0.737. The van der Waals surface area contributed by atoms with Crippen LogP contribution in [-0.2, 0) is 0 Å². The summed E-state index contributed by atoms with van der Waals surface area (Å²) in [5.41, 5.74) is 0.363. The molecule has 0 spiro atoms. The first-order valence-corrected chi connectivity index (χ1v) is 7.52. The lowest BCUT2D eigenvalue weighted by Gasteiger charge is -2.37. The molecule has 1 unspecified atom stereocenters. The van der Waals surface area contributed by atoms with E-state index in [1.807, 2.05) is 0 Å². The summed E-state index contributed by atoms with van der Waals surface area (Å²) in [6.07, 6.45) is 5.11. The SMILES string of the molecule is CCC1(CC)CN(CCC(C)C)C(C)CCN1. The van der Waals surface area contributed by atoms with Gasteiger partial charge in [0, 0.05) is 18.1 Å². The van der Waals surface area contributed by atoms with Gasteiger partial charge in [-0.15, -0.1) is 0 Å². The molecule has 0 aromatic heterocycles. The minimum Gasteiger partial charge on any atom is -0.310 e. The maximum absolute atomic E-state index is 3.80. The highest BCUT2D eigenvalue weighted by Gasteiger charge is 2.32. The first-order valence-electron chi connectivity index (χ1n) is 7.52. The van der Waals surface area contributed by atoms with Crippen molar-refractivity contribution in [1.82, 2.24) is 10.2 Å². The van der Waals surface area contributed by atoms with Crippen molar-refractivity contribution in [3.63, 3.8) is 0 Å². The fourth-order valence-corrected chi connectivity index (χ4v) is 2.78.